The summed E-state index contributed by atoms with van der Waals surface area (Å²) >= 11 is 1.77. The van der Waals surface area contributed by atoms with Crippen molar-refractivity contribution < 1.29 is 4.74 Å². The van der Waals surface area contributed by atoms with E-state index in [2.05, 4.69) is 67.5 Å². The Hall–Kier alpha value is -1.39. The zero-order chi connectivity index (χ0) is 21.1. The Morgan fingerprint density at radius 2 is 1.90 bits per heavy atom. The van der Waals surface area contributed by atoms with Crippen molar-refractivity contribution in [3.63, 3.8) is 0 Å². The Kier molecular flexibility index (Phi) is 13.0. The molecule has 1 heterocycles. The topological polar surface area (TPSA) is 61.8 Å². The van der Waals surface area contributed by atoms with E-state index in [0.29, 0.717) is 6.54 Å². The summed E-state index contributed by atoms with van der Waals surface area (Å²) in [4.78, 5) is 12.8. The monoisotopic (exact) mass is 545 g/mol. The summed E-state index contributed by atoms with van der Waals surface area (Å²) in [5, 5.41) is 7.87. The number of guanidine groups is 1. The second-order valence-corrected chi connectivity index (χ2v) is 8.56. The van der Waals surface area contributed by atoms with Gasteiger partial charge < -0.3 is 20.3 Å². The van der Waals surface area contributed by atoms with Crippen LogP contribution in [-0.4, -0.2) is 56.2 Å². The van der Waals surface area contributed by atoms with Gasteiger partial charge in [0.1, 0.15) is 5.75 Å². The zero-order valence-corrected chi connectivity index (χ0v) is 22.0. The van der Waals surface area contributed by atoms with E-state index in [1.165, 1.54) is 9.88 Å². The molecule has 0 bridgehead atoms. The summed E-state index contributed by atoms with van der Waals surface area (Å²) in [6.45, 7) is 10.3. The lowest BCUT2D eigenvalue weighted by Gasteiger charge is -2.11. The predicted octanol–water partition coefficient (Wildman–Crippen LogP) is 4.01. The van der Waals surface area contributed by atoms with E-state index < -0.39 is 0 Å². The van der Waals surface area contributed by atoms with Crippen molar-refractivity contribution in [2.24, 2.45) is 4.99 Å². The number of benzene rings is 1. The van der Waals surface area contributed by atoms with Crippen LogP contribution in [0.4, 0.5) is 0 Å². The van der Waals surface area contributed by atoms with Crippen LogP contribution >= 0.6 is 35.3 Å². The summed E-state index contributed by atoms with van der Waals surface area (Å²) in [5.74, 6) is 1.75. The van der Waals surface area contributed by atoms with Crippen LogP contribution in [0.5, 0.6) is 5.75 Å². The summed E-state index contributed by atoms with van der Waals surface area (Å²) in [6, 6.07) is 8.20. The molecule has 8 heteroatoms. The quantitative estimate of drug-likeness (QED) is 0.194. The van der Waals surface area contributed by atoms with Gasteiger partial charge in [0.15, 0.2) is 5.96 Å². The Morgan fingerprint density at radius 3 is 2.50 bits per heavy atom. The molecule has 0 aliphatic heterocycles. The minimum absolute atomic E-state index is 0. The highest BCUT2D eigenvalue weighted by atomic mass is 127. The largest absolute Gasteiger partial charge is 0.494 e. The third kappa shape index (κ3) is 10.1. The lowest BCUT2D eigenvalue weighted by atomic mass is 10.2. The van der Waals surface area contributed by atoms with Gasteiger partial charge in [0.05, 0.1) is 23.9 Å². The number of aliphatic imine (C=N–C) groups is 1. The van der Waals surface area contributed by atoms with Crippen LogP contribution in [-0.2, 0) is 13.0 Å². The summed E-state index contributed by atoms with van der Waals surface area (Å²) in [5.41, 5.74) is 2.30. The van der Waals surface area contributed by atoms with E-state index in [9.17, 15) is 0 Å². The highest BCUT2D eigenvalue weighted by molar-refractivity contribution is 14.0. The fraction of sp³-hybridized carbons (Fsp3) is 0.545. The molecule has 1 aromatic heterocycles. The normalized spacial score (nSPS) is 11.3. The minimum atomic E-state index is 0. The van der Waals surface area contributed by atoms with Gasteiger partial charge in [0.2, 0.25) is 0 Å². The Bertz CT molecular complexity index is 742. The van der Waals surface area contributed by atoms with Crippen molar-refractivity contribution >= 4 is 41.3 Å². The standard InChI is InChI=1S/C22H35N5OS.HI/c1-6-23-22(24-13-12-21-26-17(2)18(3)29-21)25-16-19-8-10-20(11-9-19)28-15-7-14-27(4)5;/h8-11H,6-7,12-16H2,1-5H3,(H2,23,24,25);1H. The second-order valence-electron chi connectivity index (χ2n) is 7.27. The van der Waals surface area contributed by atoms with Gasteiger partial charge in [-0.25, -0.2) is 9.98 Å². The van der Waals surface area contributed by atoms with Crippen LogP contribution in [0.25, 0.3) is 0 Å². The van der Waals surface area contributed by atoms with Crippen LogP contribution < -0.4 is 15.4 Å². The first-order chi connectivity index (χ1) is 14.0. The first-order valence-corrected chi connectivity index (χ1v) is 11.1. The van der Waals surface area contributed by atoms with Crippen molar-refractivity contribution in [1.29, 1.82) is 0 Å². The molecule has 0 unspecified atom stereocenters. The van der Waals surface area contributed by atoms with Crippen molar-refractivity contribution in [1.82, 2.24) is 20.5 Å². The van der Waals surface area contributed by atoms with Crippen LogP contribution in [0, 0.1) is 13.8 Å². The molecule has 2 aromatic rings. The molecule has 0 saturated heterocycles. The molecule has 0 amide bonds. The van der Waals surface area contributed by atoms with E-state index in [0.717, 1.165) is 62.0 Å². The average Bonchev–Trinajstić information content (AvgIpc) is 3.01. The first kappa shape index (κ1) is 26.6. The van der Waals surface area contributed by atoms with Gasteiger partial charge in [-0.3, -0.25) is 0 Å². The Morgan fingerprint density at radius 1 is 1.17 bits per heavy atom. The fourth-order valence-electron chi connectivity index (χ4n) is 2.71. The maximum atomic E-state index is 5.79. The molecule has 1 aromatic carbocycles. The van der Waals surface area contributed by atoms with Crippen molar-refractivity contribution in [3.05, 3.63) is 45.4 Å². The molecule has 0 radical (unpaired) electrons. The Balaban J connectivity index is 0.00000450. The van der Waals surface area contributed by atoms with Crippen molar-refractivity contribution in [3.8, 4) is 5.75 Å². The number of thiazole rings is 1. The minimum Gasteiger partial charge on any atom is -0.494 e. The van der Waals surface area contributed by atoms with E-state index >= 15 is 0 Å². The molecule has 0 spiro atoms. The smallest absolute Gasteiger partial charge is 0.191 e. The molecular formula is C22H36IN5OS. The second kappa shape index (κ2) is 14.6. The maximum absolute atomic E-state index is 5.79. The van der Waals surface area contributed by atoms with Crippen LogP contribution in [0.2, 0.25) is 0 Å². The molecule has 0 aliphatic rings. The van der Waals surface area contributed by atoms with E-state index in [1.807, 2.05) is 12.1 Å². The van der Waals surface area contributed by atoms with Crippen molar-refractivity contribution in [2.75, 3.05) is 40.3 Å². The highest BCUT2D eigenvalue weighted by Crippen LogP contribution is 2.16. The third-order valence-electron chi connectivity index (χ3n) is 4.41. The Labute approximate surface area is 202 Å². The lowest BCUT2D eigenvalue weighted by Crippen LogP contribution is -2.38. The average molecular weight is 546 g/mol. The number of rotatable bonds is 11. The van der Waals surface area contributed by atoms with Gasteiger partial charge in [-0.2, -0.15) is 0 Å². The molecule has 0 saturated carbocycles. The van der Waals surface area contributed by atoms with Crippen LogP contribution in [0.15, 0.2) is 29.3 Å². The molecule has 30 heavy (non-hydrogen) atoms. The number of aromatic nitrogens is 1. The van der Waals surface area contributed by atoms with Gasteiger partial charge >= 0.3 is 0 Å². The molecule has 0 atom stereocenters. The molecule has 2 N–H and O–H groups in total. The molecule has 2 rings (SSSR count). The molecule has 168 valence electrons. The number of nitrogens with zero attached hydrogens (tertiary/aromatic N) is 3. The van der Waals surface area contributed by atoms with Gasteiger partial charge in [-0.1, -0.05) is 12.1 Å². The summed E-state index contributed by atoms with van der Waals surface area (Å²) in [7, 11) is 4.15. The fourth-order valence-corrected chi connectivity index (χ4v) is 3.64. The third-order valence-corrected chi connectivity index (χ3v) is 5.54. The van der Waals surface area contributed by atoms with Crippen LogP contribution in [0.3, 0.4) is 0 Å². The predicted molar refractivity (Wildman–Crippen MR) is 139 cm³/mol. The summed E-state index contributed by atoms with van der Waals surface area (Å²) in [6.07, 6.45) is 1.93. The van der Waals surface area contributed by atoms with Crippen molar-refractivity contribution in [2.45, 2.75) is 40.2 Å². The van der Waals surface area contributed by atoms with E-state index in [-0.39, 0.29) is 24.0 Å². The zero-order valence-electron chi connectivity index (χ0n) is 18.8. The highest BCUT2D eigenvalue weighted by Gasteiger charge is 2.04. The number of halogens is 1. The SMILES string of the molecule is CCNC(=NCc1ccc(OCCCN(C)C)cc1)NCCc1nc(C)c(C)s1.I. The van der Waals surface area contributed by atoms with Gasteiger partial charge in [-0.05, 0) is 59.0 Å². The molecule has 0 aliphatic carbocycles. The van der Waals surface area contributed by atoms with E-state index in [1.54, 1.807) is 11.3 Å². The molecule has 0 fully saturated rings. The number of aryl methyl sites for hydroxylation is 2. The molecule has 6 nitrogen and oxygen atoms in total. The summed E-state index contributed by atoms with van der Waals surface area (Å²) < 4.78 is 5.79. The van der Waals surface area contributed by atoms with E-state index in [4.69, 9.17) is 9.73 Å². The van der Waals surface area contributed by atoms with Crippen LogP contribution in [0.1, 0.15) is 34.5 Å². The lowest BCUT2D eigenvalue weighted by molar-refractivity contribution is 0.281. The van der Waals surface area contributed by atoms with Gasteiger partial charge in [-0.15, -0.1) is 35.3 Å². The number of ether oxygens (including phenoxy) is 1. The molecular weight excluding hydrogens is 509 g/mol. The number of hydrogen-bond acceptors (Lipinski definition) is 5. The number of nitrogens with one attached hydrogen (secondary N) is 2. The number of hydrogen-bond donors (Lipinski definition) is 2. The van der Waals surface area contributed by atoms with Gasteiger partial charge in [0, 0.05) is 30.9 Å². The first-order valence-electron chi connectivity index (χ1n) is 10.3. The maximum Gasteiger partial charge on any atom is 0.191 e. The van der Waals surface area contributed by atoms with Gasteiger partial charge in [0.25, 0.3) is 0 Å².